The lowest BCUT2D eigenvalue weighted by Gasteiger charge is -2.31. The largest absolute Gasteiger partial charge is 0.450 e. The van der Waals surface area contributed by atoms with Crippen LogP contribution >= 0.6 is 0 Å². The van der Waals surface area contributed by atoms with Crippen molar-refractivity contribution in [2.24, 2.45) is 0 Å². The number of amides is 4. The second kappa shape index (κ2) is 8.76. The topological polar surface area (TPSA) is 99.8 Å². The quantitative estimate of drug-likeness (QED) is 0.724. The number of likely N-dealkylation sites (tertiary alicyclic amines) is 1. The molecule has 1 heterocycles. The number of nitrogens with zero attached hydrogens (tertiary/aromatic N) is 1. The molecular weight excluding hydrogens is 312 g/mol. The molecule has 1 aliphatic rings. The summed E-state index contributed by atoms with van der Waals surface area (Å²) in [4.78, 5) is 36.8. The Morgan fingerprint density at radius 1 is 1.12 bits per heavy atom. The lowest BCUT2D eigenvalue weighted by Crippen LogP contribution is -2.52. The van der Waals surface area contributed by atoms with Crippen LogP contribution in [0, 0.1) is 0 Å². The summed E-state index contributed by atoms with van der Waals surface area (Å²) in [5.74, 6) is -0.386. The SMILES string of the molecule is CCOC(=O)N1CCC(NC(=O)NNC(=O)c2ccccc2)CC1. The van der Waals surface area contributed by atoms with E-state index in [1.165, 1.54) is 0 Å². The van der Waals surface area contributed by atoms with Crippen molar-refractivity contribution in [3.8, 4) is 0 Å². The minimum atomic E-state index is -0.478. The third-order valence-electron chi connectivity index (χ3n) is 3.68. The van der Waals surface area contributed by atoms with Crippen molar-refractivity contribution < 1.29 is 19.1 Å². The number of carbonyl (C=O) groups is 3. The van der Waals surface area contributed by atoms with Gasteiger partial charge in [0.15, 0.2) is 0 Å². The molecule has 0 aliphatic carbocycles. The van der Waals surface area contributed by atoms with Crippen LogP contribution in [0.4, 0.5) is 9.59 Å². The Morgan fingerprint density at radius 3 is 2.42 bits per heavy atom. The molecule has 0 radical (unpaired) electrons. The molecule has 0 aromatic heterocycles. The highest BCUT2D eigenvalue weighted by Crippen LogP contribution is 2.11. The van der Waals surface area contributed by atoms with Gasteiger partial charge in [0.05, 0.1) is 6.61 Å². The first-order valence-corrected chi connectivity index (χ1v) is 7.93. The predicted molar refractivity (Wildman–Crippen MR) is 87.2 cm³/mol. The summed E-state index contributed by atoms with van der Waals surface area (Å²) < 4.78 is 4.94. The number of carbonyl (C=O) groups excluding carboxylic acids is 3. The molecule has 8 nitrogen and oxygen atoms in total. The smallest absolute Gasteiger partial charge is 0.409 e. The van der Waals surface area contributed by atoms with Crippen LogP contribution in [0.5, 0.6) is 0 Å². The summed E-state index contributed by atoms with van der Waals surface area (Å²) in [6.45, 7) is 3.17. The van der Waals surface area contributed by atoms with E-state index in [0.717, 1.165) is 0 Å². The molecule has 0 saturated carbocycles. The van der Waals surface area contributed by atoms with Gasteiger partial charge >= 0.3 is 12.1 Å². The predicted octanol–water partition coefficient (Wildman–Crippen LogP) is 1.25. The summed E-state index contributed by atoms with van der Waals surface area (Å²) in [5.41, 5.74) is 5.13. The molecule has 2 rings (SSSR count). The first-order chi connectivity index (χ1) is 11.6. The first-order valence-electron chi connectivity index (χ1n) is 7.93. The van der Waals surface area contributed by atoms with E-state index in [0.29, 0.717) is 38.1 Å². The third-order valence-corrected chi connectivity index (χ3v) is 3.68. The van der Waals surface area contributed by atoms with Crippen LogP contribution in [0.15, 0.2) is 30.3 Å². The number of benzene rings is 1. The Hall–Kier alpha value is -2.77. The van der Waals surface area contributed by atoms with Crippen molar-refractivity contribution >= 4 is 18.0 Å². The lowest BCUT2D eigenvalue weighted by molar-refractivity contribution is 0.0921. The number of ether oxygens (including phenoxy) is 1. The zero-order valence-electron chi connectivity index (χ0n) is 13.6. The van der Waals surface area contributed by atoms with E-state index >= 15 is 0 Å². The van der Waals surface area contributed by atoms with Gasteiger partial charge in [0, 0.05) is 24.7 Å². The third kappa shape index (κ3) is 5.15. The number of nitrogens with one attached hydrogen (secondary N) is 3. The Morgan fingerprint density at radius 2 is 1.79 bits per heavy atom. The van der Waals surface area contributed by atoms with Gasteiger partial charge in [-0.2, -0.15) is 0 Å². The molecule has 0 bridgehead atoms. The van der Waals surface area contributed by atoms with Gasteiger partial charge < -0.3 is 15.0 Å². The number of hydrogen-bond acceptors (Lipinski definition) is 4. The van der Waals surface area contributed by atoms with Gasteiger partial charge in [0.1, 0.15) is 0 Å². The maximum Gasteiger partial charge on any atom is 0.409 e. The summed E-state index contributed by atoms with van der Waals surface area (Å²) in [7, 11) is 0. The molecule has 1 fully saturated rings. The maximum absolute atomic E-state index is 11.8. The summed E-state index contributed by atoms with van der Waals surface area (Å²) in [6, 6.07) is 8.07. The fourth-order valence-electron chi connectivity index (χ4n) is 2.42. The van der Waals surface area contributed by atoms with Crippen molar-refractivity contribution in [3.63, 3.8) is 0 Å². The molecular formula is C16H22N4O4. The van der Waals surface area contributed by atoms with Gasteiger partial charge in [0.25, 0.3) is 5.91 Å². The maximum atomic E-state index is 11.8. The number of rotatable bonds is 3. The number of hydrogen-bond donors (Lipinski definition) is 3. The van der Waals surface area contributed by atoms with E-state index in [2.05, 4.69) is 16.2 Å². The molecule has 130 valence electrons. The normalized spacial score (nSPS) is 14.6. The van der Waals surface area contributed by atoms with Crippen LogP contribution < -0.4 is 16.2 Å². The lowest BCUT2D eigenvalue weighted by atomic mass is 10.1. The van der Waals surface area contributed by atoms with E-state index in [1.54, 1.807) is 42.2 Å². The van der Waals surface area contributed by atoms with Crippen LogP contribution in [0.25, 0.3) is 0 Å². The van der Waals surface area contributed by atoms with E-state index in [1.807, 2.05) is 0 Å². The van der Waals surface area contributed by atoms with Crippen molar-refractivity contribution in [1.82, 2.24) is 21.1 Å². The van der Waals surface area contributed by atoms with Crippen LogP contribution in [0.2, 0.25) is 0 Å². The van der Waals surface area contributed by atoms with Gasteiger partial charge in [-0.25, -0.2) is 15.0 Å². The summed E-state index contributed by atoms with van der Waals surface area (Å²) in [6.07, 6.45) is 0.952. The first kappa shape index (κ1) is 17.6. The molecule has 3 N–H and O–H groups in total. The minimum absolute atomic E-state index is 0.0516. The Labute approximate surface area is 140 Å². The fourth-order valence-corrected chi connectivity index (χ4v) is 2.42. The number of piperidine rings is 1. The van der Waals surface area contributed by atoms with Gasteiger partial charge in [-0.1, -0.05) is 18.2 Å². The minimum Gasteiger partial charge on any atom is -0.450 e. The Bertz CT molecular complexity index is 571. The molecule has 24 heavy (non-hydrogen) atoms. The van der Waals surface area contributed by atoms with Crippen LogP contribution in [0.3, 0.4) is 0 Å². The van der Waals surface area contributed by atoms with E-state index in [9.17, 15) is 14.4 Å². The van der Waals surface area contributed by atoms with E-state index < -0.39 is 6.03 Å². The highest BCUT2D eigenvalue weighted by atomic mass is 16.6. The average molecular weight is 334 g/mol. The average Bonchev–Trinajstić information content (AvgIpc) is 2.61. The van der Waals surface area contributed by atoms with Gasteiger partial charge in [0.2, 0.25) is 0 Å². The molecule has 0 unspecified atom stereocenters. The molecule has 1 aliphatic heterocycles. The Kier molecular flexibility index (Phi) is 6.41. The monoisotopic (exact) mass is 334 g/mol. The second-order valence-electron chi connectivity index (χ2n) is 5.38. The zero-order chi connectivity index (χ0) is 17.4. The summed E-state index contributed by atoms with van der Waals surface area (Å²) in [5, 5.41) is 2.77. The van der Waals surface area contributed by atoms with Crippen molar-refractivity contribution in [2.75, 3.05) is 19.7 Å². The van der Waals surface area contributed by atoms with Crippen LogP contribution in [-0.2, 0) is 4.74 Å². The number of hydrazine groups is 1. The standard InChI is InChI=1S/C16H22N4O4/c1-2-24-16(23)20-10-8-13(9-11-20)17-15(22)19-18-14(21)12-6-4-3-5-7-12/h3-7,13H,2,8-11H2,1H3,(H,18,21)(H2,17,19,22). The van der Waals surface area contributed by atoms with E-state index in [4.69, 9.17) is 4.74 Å². The number of urea groups is 1. The fraction of sp³-hybridized carbons (Fsp3) is 0.438. The second-order valence-corrected chi connectivity index (χ2v) is 5.38. The van der Waals surface area contributed by atoms with Gasteiger partial charge in [-0.15, -0.1) is 0 Å². The highest BCUT2D eigenvalue weighted by molar-refractivity contribution is 5.95. The van der Waals surface area contributed by atoms with Crippen molar-refractivity contribution in [3.05, 3.63) is 35.9 Å². The van der Waals surface area contributed by atoms with Crippen LogP contribution in [0.1, 0.15) is 30.1 Å². The molecule has 0 spiro atoms. The highest BCUT2D eigenvalue weighted by Gasteiger charge is 2.24. The molecule has 1 aromatic carbocycles. The van der Waals surface area contributed by atoms with Gasteiger partial charge in [-0.05, 0) is 31.9 Å². The van der Waals surface area contributed by atoms with Crippen molar-refractivity contribution in [1.29, 1.82) is 0 Å². The summed E-state index contributed by atoms with van der Waals surface area (Å²) >= 11 is 0. The molecule has 8 heteroatoms. The zero-order valence-corrected chi connectivity index (χ0v) is 13.6. The Balaban J connectivity index is 1.68. The van der Waals surface area contributed by atoms with E-state index in [-0.39, 0.29) is 18.0 Å². The molecule has 0 atom stereocenters. The molecule has 4 amide bonds. The molecule has 1 saturated heterocycles. The van der Waals surface area contributed by atoms with Crippen LogP contribution in [-0.4, -0.2) is 48.7 Å². The van der Waals surface area contributed by atoms with Crippen molar-refractivity contribution in [2.45, 2.75) is 25.8 Å². The van der Waals surface area contributed by atoms with Gasteiger partial charge in [-0.3, -0.25) is 10.2 Å². The molecule has 1 aromatic rings.